The molecule has 15 heteroatoms. The third-order valence-electron chi connectivity index (χ3n) is 11.4. The number of fused-ring (bicyclic) bond motifs is 1. The fourth-order valence-electron chi connectivity index (χ4n) is 8.05. The van der Waals surface area contributed by atoms with Gasteiger partial charge in [0.1, 0.15) is 48.8 Å². The first-order valence-electron chi connectivity index (χ1n) is 20.8. The zero-order valence-corrected chi connectivity index (χ0v) is 34.6. The lowest BCUT2D eigenvalue weighted by Gasteiger charge is -2.39. The number of hydrogen-bond acceptors (Lipinski definition) is 13. The summed E-state index contributed by atoms with van der Waals surface area (Å²) in [5.74, 6) is -3.11. The van der Waals surface area contributed by atoms with E-state index in [1.807, 2.05) is 91.0 Å². The molecule has 4 aromatic rings. The Bertz CT molecular complexity index is 2180. The van der Waals surface area contributed by atoms with Gasteiger partial charge < -0.3 is 59.4 Å². The van der Waals surface area contributed by atoms with Crippen LogP contribution in [-0.2, 0) is 45.5 Å². The fraction of sp³-hybridized carbons (Fsp3) is 0.354. The van der Waals surface area contributed by atoms with E-state index in [2.05, 4.69) is 5.32 Å². The maximum absolute atomic E-state index is 14.6. The molecule has 1 aliphatic carbocycles. The van der Waals surface area contributed by atoms with Crippen molar-refractivity contribution in [2.45, 2.75) is 73.7 Å². The summed E-state index contributed by atoms with van der Waals surface area (Å²) in [7, 11) is 1.54. The van der Waals surface area contributed by atoms with Gasteiger partial charge in [-0.2, -0.15) is 0 Å². The Labute approximate surface area is 364 Å². The Morgan fingerprint density at radius 3 is 2.13 bits per heavy atom. The Hall–Kier alpha value is -5.59. The van der Waals surface area contributed by atoms with Crippen molar-refractivity contribution in [2.24, 2.45) is 0 Å². The lowest BCUT2D eigenvalue weighted by molar-refractivity contribution is -0.298. The minimum atomic E-state index is -1.60. The molecule has 6 N–H and O–H groups in total. The van der Waals surface area contributed by atoms with E-state index in [-0.39, 0.29) is 43.7 Å². The highest BCUT2D eigenvalue weighted by Gasteiger charge is 2.55. The maximum atomic E-state index is 14.6. The Kier molecular flexibility index (Phi) is 14.9. The monoisotopic (exact) mass is 864 g/mol. The van der Waals surface area contributed by atoms with Gasteiger partial charge in [0.05, 0.1) is 25.4 Å². The van der Waals surface area contributed by atoms with Crippen LogP contribution in [0.2, 0.25) is 0 Å². The number of carbonyl (C=O) groups is 3. The molecule has 7 rings (SSSR count). The van der Waals surface area contributed by atoms with Crippen LogP contribution in [0.4, 0.5) is 0 Å². The van der Waals surface area contributed by atoms with Gasteiger partial charge >= 0.3 is 5.97 Å². The molecular weight excluding hydrogens is 813 g/mol. The molecule has 0 saturated carbocycles. The molecule has 0 radical (unpaired) electrons. The highest BCUT2D eigenvalue weighted by molar-refractivity contribution is 5.98. The van der Waals surface area contributed by atoms with E-state index in [0.29, 0.717) is 16.7 Å². The van der Waals surface area contributed by atoms with Gasteiger partial charge in [0.15, 0.2) is 6.29 Å². The van der Waals surface area contributed by atoms with Gasteiger partial charge in [-0.15, -0.1) is 0 Å². The molecular formula is C48H52N2O13. The van der Waals surface area contributed by atoms with Crippen LogP contribution in [0.15, 0.2) is 133 Å². The molecule has 0 spiro atoms. The van der Waals surface area contributed by atoms with Crippen molar-refractivity contribution < 1.29 is 63.6 Å². The van der Waals surface area contributed by atoms with Crippen LogP contribution >= 0.6 is 0 Å². The number of aliphatic hydroxyl groups excluding tert-OH is 5. The molecule has 2 heterocycles. The van der Waals surface area contributed by atoms with E-state index < -0.39 is 85.2 Å². The molecule has 2 fully saturated rings. The Balaban J connectivity index is 1.17. The zero-order chi connectivity index (χ0) is 44.5. The Morgan fingerprint density at radius 2 is 1.48 bits per heavy atom. The normalized spacial score (nSPS) is 25.7. The summed E-state index contributed by atoms with van der Waals surface area (Å²) >= 11 is 0. The summed E-state index contributed by atoms with van der Waals surface area (Å²) < 4.78 is 31.1. The van der Waals surface area contributed by atoms with Crippen LogP contribution in [0.25, 0.3) is 6.08 Å². The number of nitrogens with zero attached hydrogens (tertiary/aromatic N) is 1. The zero-order valence-electron chi connectivity index (χ0n) is 34.6. The lowest BCUT2D eigenvalue weighted by Crippen LogP contribution is -2.59. The van der Waals surface area contributed by atoms with Gasteiger partial charge in [0.2, 0.25) is 17.6 Å². The molecule has 15 nitrogen and oxygen atoms in total. The van der Waals surface area contributed by atoms with E-state index >= 15 is 0 Å². The highest BCUT2D eigenvalue weighted by atomic mass is 16.8. The first kappa shape index (κ1) is 45.4. The highest BCUT2D eigenvalue weighted by Crippen LogP contribution is 2.47. The average molecular weight is 865 g/mol. The van der Waals surface area contributed by atoms with Gasteiger partial charge in [-0.3, -0.25) is 9.59 Å². The van der Waals surface area contributed by atoms with Crippen LogP contribution in [-0.4, -0.2) is 137 Å². The second kappa shape index (κ2) is 20.7. The van der Waals surface area contributed by atoms with E-state index in [1.54, 1.807) is 42.5 Å². The summed E-state index contributed by atoms with van der Waals surface area (Å²) in [5.41, 5.74) is 3.05. The van der Waals surface area contributed by atoms with E-state index in [4.69, 9.17) is 23.7 Å². The van der Waals surface area contributed by atoms with Crippen molar-refractivity contribution in [2.75, 3.05) is 33.4 Å². The summed E-state index contributed by atoms with van der Waals surface area (Å²) in [5, 5.41) is 52.3. The molecule has 2 aliphatic heterocycles. The van der Waals surface area contributed by atoms with E-state index in [1.165, 1.54) is 11.9 Å². The van der Waals surface area contributed by atoms with Crippen molar-refractivity contribution in [3.8, 4) is 0 Å². The number of carbonyl (C=O) groups excluding carboxylic acids is 3. The third-order valence-corrected chi connectivity index (χ3v) is 11.4. The first-order chi connectivity index (χ1) is 30.5. The fourth-order valence-corrected chi connectivity index (χ4v) is 8.05. The topological polar surface area (TPSA) is 214 Å². The SMILES string of the molecule is CN(C(=O)C1=CC2OC(c3ccccc3)(c3ccccc3)OC2C(OC(=O)c2ccccc2C=CCOC2OC(CO)C(O)C(O)C2O)C1)C(Cc1ccccc1)C(=O)NCCO. The quantitative estimate of drug-likeness (QED) is 0.0894. The van der Waals surface area contributed by atoms with Gasteiger partial charge in [0, 0.05) is 43.1 Å². The van der Waals surface area contributed by atoms with Gasteiger partial charge in [-0.1, -0.05) is 121 Å². The minimum Gasteiger partial charge on any atom is -0.456 e. The van der Waals surface area contributed by atoms with Crippen molar-refractivity contribution in [1.82, 2.24) is 10.2 Å². The second-order valence-corrected chi connectivity index (χ2v) is 15.5. The van der Waals surface area contributed by atoms with Crippen molar-refractivity contribution in [3.05, 3.63) is 161 Å². The van der Waals surface area contributed by atoms with Crippen LogP contribution in [0.5, 0.6) is 0 Å². The summed E-state index contributed by atoms with van der Waals surface area (Å²) in [6.45, 7) is -1.02. The number of benzene rings is 4. The average Bonchev–Trinajstić information content (AvgIpc) is 3.73. The number of nitrogens with one attached hydrogen (secondary N) is 1. The van der Waals surface area contributed by atoms with Crippen molar-refractivity contribution in [3.63, 3.8) is 0 Å². The molecule has 2 saturated heterocycles. The van der Waals surface area contributed by atoms with Gasteiger partial charge in [-0.25, -0.2) is 4.79 Å². The predicted molar refractivity (Wildman–Crippen MR) is 227 cm³/mol. The second-order valence-electron chi connectivity index (χ2n) is 15.5. The standard InChI is InChI=1S/C48H52N2O13/c1-50(36(44(56)49-23-24-51)26-30-14-5-2-6-15-30)45(57)32-27-37(43-38(28-32)62-48(63-43,33-18-7-3-8-19-33)34-20-9-4-10-21-34)60-46(58)35-22-12-11-16-31(35)17-13-25-59-47-42(55)41(54)40(53)39(29-52)61-47/h2-22,28,36-43,47,51-55H,23-27,29H2,1H3,(H,49,56). The largest absolute Gasteiger partial charge is 0.456 e. The summed E-state index contributed by atoms with van der Waals surface area (Å²) in [4.78, 5) is 43.8. The Morgan fingerprint density at radius 1 is 0.841 bits per heavy atom. The van der Waals surface area contributed by atoms with Crippen molar-refractivity contribution in [1.29, 1.82) is 0 Å². The molecule has 2 amide bonds. The number of amides is 2. The third kappa shape index (κ3) is 10.1. The smallest absolute Gasteiger partial charge is 0.339 e. The van der Waals surface area contributed by atoms with Crippen LogP contribution in [0, 0.1) is 0 Å². The number of esters is 1. The lowest BCUT2D eigenvalue weighted by atomic mass is 9.90. The molecule has 3 aliphatic rings. The maximum Gasteiger partial charge on any atom is 0.339 e. The van der Waals surface area contributed by atoms with Crippen LogP contribution < -0.4 is 5.32 Å². The molecule has 0 aromatic heterocycles. The number of hydrogen-bond donors (Lipinski definition) is 6. The van der Waals surface area contributed by atoms with E-state index in [0.717, 1.165) is 5.56 Å². The number of rotatable bonds is 16. The van der Waals surface area contributed by atoms with Crippen LogP contribution in [0.1, 0.15) is 39.0 Å². The van der Waals surface area contributed by atoms with E-state index in [9.17, 15) is 39.9 Å². The minimum absolute atomic E-state index is 0.00476. The molecule has 63 heavy (non-hydrogen) atoms. The van der Waals surface area contributed by atoms with Crippen LogP contribution in [0.3, 0.4) is 0 Å². The summed E-state index contributed by atoms with van der Waals surface area (Å²) in [6.07, 6.45) is -5.07. The summed E-state index contributed by atoms with van der Waals surface area (Å²) in [6, 6.07) is 33.7. The molecule has 9 unspecified atom stereocenters. The number of ether oxygens (including phenoxy) is 5. The number of likely N-dealkylation sites (N-methyl/N-ethyl adjacent to an activating group) is 1. The molecule has 0 bridgehead atoms. The first-order valence-corrected chi connectivity index (χ1v) is 20.8. The van der Waals surface area contributed by atoms with Crippen molar-refractivity contribution >= 4 is 23.9 Å². The number of aliphatic hydroxyl groups is 5. The molecule has 9 atom stereocenters. The molecule has 332 valence electrons. The van der Waals surface area contributed by atoms with Gasteiger partial charge in [0.25, 0.3) is 0 Å². The predicted octanol–water partition coefficient (Wildman–Crippen LogP) is 2.24. The molecule has 4 aromatic carbocycles. The van der Waals surface area contributed by atoms with Gasteiger partial charge in [-0.05, 0) is 23.3 Å².